The van der Waals surface area contributed by atoms with Crippen LogP contribution in [0.4, 0.5) is 5.82 Å². The highest BCUT2D eigenvalue weighted by Gasteiger charge is 2.37. The first-order chi connectivity index (χ1) is 17.0. The molecule has 2 fully saturated rings. The molecule has 1 spiro atoms. The van der Waals surface area contributed by atoms with Crippen molar-refractivity contribution in [3.63, 3.8) is 0 Å². The monoisotopic (exact) mass is 473 g/mol. The molecule has 7 nitrogen and oxygen atoms in total. The van der Waals surface area contributed by atoms with Crippen LogP contribution in [0.2, 0.25) is 0 Å². The summed E-state index contributed by atoms with van der Waals surface area (Å²) in [6.07, 6.45) is 8.89. The summed E-state index contributed by atoms with van der Waals surface area (Å²) in [7, 11) is 2.20. The topological polar surface area (TPSA) is 70.1 Å². The second-order valence-electron chi connectivity index (χ2n) is 10.4. The van der Waals surface area contributed by atoms with Gasteiger partial charge >= 0.3 is 0 Å². The molecule has 1 aromatic heterocycles. The molecule has 1 aromatic carbocycles. The van der Waals surface area contributed by atoms with Crippen molar-refractivity contribution in [1.29, 1.82) is 0 Å². The van der Waals surface area contributed by atoms with Crippen molar-refractivity contribution in [2.75, 3.05) is 45.1 Å². The molecule has 0 saturated carbocycles. The van der Waals surface area contributed by atoms with E-state index in [9.17, 15) is 4.79 Å². The number of fused-ring (bicyclic) bond motifs is 1. The molecule has 2 aromatic rings. The maximum absolute atomic E-state index is 12.7. The van der Waals surface area contributed by atoms with Gasteiger partial charge in [-0.3, -0.25) is 4.79 Å². The number of carbonyl (C=O) groups excluding carboxylic acids is 1. The van der Waals surface area contributed by atoms with Crippen LogP contribution in [0.25, 0.3) is 6.08 Å². The van der Waals surface area contributed by atoms with Crippen molar-refractivity contribution >= 4 is 23.5 Å². The lowest BCUT2D eigenvalue weighted by Gasteiger charge is -2.43. The van der Waals surface area contributed by atoms with E-state index in [0.717, 1.165) is 48.7 Å². The smallest absolute Gasteiger partial charge is 0.246 e. The Morgan fingerprint density at radius 3 is 2.80 bits per heavy atom. The van der Waals surface area contributed by atoms with Crippen molar-refractivity contribution in [1.82, 2.24) is 14.8 Å². The number of nitrogens with zero attached hydrogens (tertiary/aromatic N) is 4. The number of amides is 1. The normalized spacial score (nSPS) is 20.4. The Morgan fingerprint density at radius 2 is 2.03 bits per heavy atom. The van der Waals surface area contributed by atoms with E-state index < -0.39 is 0 Å². The number of hydrogen-bond donors (Lipinski definition) is 1. The van der Waals surface area contributed by atoms with Gasteiger partial charge in [0, 0.05) is 37.8 Å². The van der Waals surface area contributed by atoms with Gasteiger partial charge in [-0.1, -0.05) is 35.5 Å². The highest BCUT2D eigenvalue weighted by Crippen LogP contribution is 2.39. The second kappa shape index (κ2) is 10.2. The quantitative estimate of drug-likeness (QED) is 0.392. The Kier molecular flexibility index (Phi) is 6.86. The van der Waals surface area contributed by atoms with Gasteiger partial charge in [-0.25, -0.2) is 4.98 Å². The minimum absolute atomic E-state index is 0.0295. The number of nitrogens with one attached hydrogen (secondary N) is 1. The molecule has 1 N–H and O–H groups in total. The molecular weight excluding hydrogens is 438 g/mol. The van der Waals surface area contributed by atoms with E-state index in [-0.39, 0.29) is 11.8 Å². The van der Waals surface area contributed by atoms with E-state index in [2.05, 4.69) is 33.5 Å². The number of piperidine rings is 1. The van der Waals surface area contributed by atoms with Crippen LogP contribution in [-0.4, -0.2) is 66.2 Å². The minimum Gasteiger partial charge on any atom is -0.391 e. The molecule has 0 radical (unpaired) electrons. The Morgan fingerprint density at radius 1 is 1.26 bits per heavy atom. The molecule has 0 unspecified atom stereocenters. The number of aromatic nitrogens is 1. The highest BCUT2D eigenvalue weighted by molar-refractivity contribution is 5.94. The first kappa shape index (κ1) is 23.5. The van der Waals surface area contributed by atoms with E-state index in [1.165, 1.54) is 18.4 Å². The van der Waals surface area contributed by atoms with E-state index in [1.807, 2.05) is 54.4 Å². The highest BCUT2D eigenvalue weighted by atomic mass is 16.6. The van der Waals surface area contributed by atoms with Gasteiger partial charge in [0.25, 0.3) is 0 Å². The van der Waals surface area contributed by atoms with E-state index in [0.29, 0.717) is 25.1 Å². The molecule has 35 heavy (non-hydrogen) atoms. The zero-order valence-corrected chi connectivity index (χ0v) is 20.7. The zero-order chi connectivity index (χ0) is 24.3. The SMILES string of the molecule is CC(=NOCc1ccccc1)C1CN(C(=O)C=Cc2cnc3c(c2)CC2(CCN(C)CC2)CN3)C1. The summed E-state index contributed by atoms with van der Waals surface area (Å²) in [6.45, 7) is 7.09. The molecular formula is C28H35N5O2. The average molecular weight is 474 g/mol. The maximum atomic E-state index is 12.7. The molecule has 2 saturated heterocycles. The van der Waals surface area contributed by atoms with Crippen LogP contribution >= 0.6 is 0 Å². The summed E-state index contributed by atoms with van der Waals surface area (Å²) >= 11 is 0. The third-order valence-electron chi connectivity index (χ3n) is 7.72. The lowest BCUT2D eigenvalue weighted by molar-refractivity contribution is -0.130. The first-order valence-corrected chi connectivity index (χ1v) is 12.6. The summed E-state index contributed by atoms with van der Waals surface area (Å²) in [5.74, 6) is 1.28. The van der Waals surface area contributed by atoms with E-state index in [4.69, 9.17) is 4.84 Å². The van der Waals surface area contributed by atoms with Gasteiger partial charge in [-0.2, -0.15) is 0 Å². The van der Waals surface area contributed by atoms with Gasteiger partial charge in [-0.15, -0.1) is 0 Å². The number of anilines is 1. The second-order valence-corrected chi connectivity index (χ2v) is 10.4. The fourth-order valence-electron chi connectivity index (χ4n) is 5.15. The van der Waals surface area contributed by atoms with Crippen LogP contribution in [0.15, 0.2) is 53.8 Å². The Bertz CT molecular complexity index is 1100. The van der Waals surface area contributed by atoms with Gasteiger partial charge in [-0.05, 0) is 80.6 Å². The number of hydrogen-bond acceptors (Lipinski definition) is 6. The van der Waals surface area contributed by atoms with Crippen molar-refractivity contribution in [2.45, 2.75) is 32.8 Å². The molecule has 184 valence electrons. The molecule has 5 rings (SSSR count). The van der Waals surface area contributed by atoms with E-state index >= 15 is 0 Å². The summed E-state index contributed by atoms with van der Waals surface area (Å²) in [6, 6.07) is 12.2. The lowest BCUT2D eigenvalue weighted by Crippen LogP contribution is -2.52. The maximum Gasteiger partial charge on any atom is 0.246 e. The molecule has 0 aliphatic carbocycles. The Balaban J connectivity index is 1.12. The molecule has 0 atom stereocenters. The fraction of sp³-hybridized carbons (Fsp3) is 0.464. The Labute approximate surface area is 207 Å². The summed E-state index contributed by atoms with van der Waals surface area (Å²) in [4.78, 5) is 27.0. The largest absolute Gasteiger partial charge is 0.391 e. The number of pyridine rings is 1. The first-order valence-electron chi connectivity index (χ1n) is 12.6. The van der Waals surface area contributed by atoms with Crippen molar-refractivity contribution < 1.29 is 9.63 Å². The molecule has 1 amide bonds. The van der Waals surface area contributed by atoms with Crippen molar-refractivity contribution in [3.05, 3.63) is 65.4 Å². The summed E-state index contributed by atoms with van der Waals surface area (Å²) in [5.41, 5.74) is 4.60. The predicted octanol–water partition coefficient (Wildman–Crippen LogP) is 3.83. The van der Waals surface area contributed by atoms with Crippen LogP contribution < -0.4 is 5.32 Å². The molecule has 0 bridgehead atoms. The summed E-state index contributed by atoms with van der Waals surface area (Å²) in [5, 5.41) is 7.81. The van der Waals surface area contributed by atoms with Crippen LogP contribution in [0.3, 0.4) is 0 Å². The van der Waals surface area contributed by atoms with Gasteiger partial charge < -0.3 is 20.0 Å². The molecule has 7 heteroatoms. The van der Waals surface area contributed by atoms with E-state index in [1.54, 1.807) is 6.08 Å². The lowest BCUT2D eigenvalue weighted by atomic mass is 9.72. The van der Waals surface area contributed by atoms with Crippen LogP contribution in [0.5, 0.6) is 0 Å². The number of likely N-dealkylation sites (tertiary alicyclic amines) is 2. The number of rotatable bonds is 6. The number of carbonyl (C=O) groups is 1. The number of oxime groups is 1. The number of benzene rings is 1. The van der Waals surface area contributed by atoms with Crippen molar-refractivity contribution in [3.8, 4) is 0 Å². The predicted molar refractivity (Wildman–Crippen MR) is 139 cm³/mol. The van der Waals surface area contributed by atoms with Crippen LogP contribution in [0.1, 0.15) is 36.5 Å². The molecule has 3 aliphatic rings. The fourth-order valence-corrected chi connectivity index (χ4v) is 5.15. The van der Waals surface area contributed by atoms with Gasteiger partial charge in [0.05, 0.1) is 5.71 Å². The third-order valence-corrected chi connectivity index (χ3v) is 7.72. The third kappa shape index (κ3) is 5.56. The van der Waals surface area contributed by atoms with Gasteiger partial charge in [0.1, 0.15) is 12.4 Å². The van der Waals surface area contributed by atoms with Crippen molar-refractivity contribution in [2.24, 2.45) is 16.5 Å². The Hall–Kier alpha value is -3.19. The zero-order valence-electron chi connectivity index (χ0n) is 20.7. The summed E-state index contributed by atoms with van der Waals surface area (Å²) < 4.78 is 0. The molecule has 3 aliphatic heterocycles. The molecule has 4 heterocycles. The van der Waals surface area contributed by atoms with Crippen LogP contribution in [-0.2, 0) is 22.7 Å². The van der Waals surface area contributed by atoms with Crippen LogP contribution in [0, 0.1) is 11.3 Å². The average Bonchev–Trinajstić information content (AvgIpc) is 2.84. The standard InChI is InChI=1S/C28H35N5O2/c1-21(31-35-19-22-6-4-3-5-7-22)25-17-33(18-25)26(34)9-8-23-14-24-15-28(10-12-32(2)13-11-28)20-30-27(24)29-16-23/h3-9,14,16,25H,10-13,15,17-20H2,1-2H3,(H,29,30). The van der Waals surface area contributed by atoms with Gasteiger partial charge in [0.15, 0.2) is 0 Å². The van der Waals surface area contributed by atoms with Gasteiger partial charge in [0.2, 0.25) is 5.91 Å². The minimum atomic E-state index is 0.0295.